The van der Waals surface area contributed by atoms with E-state index in [0.29, 0.717) is 10.2 Å². The third kappa shape index (κ3) is 2.00. The number of fused-ring (bicyclic) bond motifs is 2. The average molecular weight is 341 g/mol. The number of aromatic carboxylic acids is 1. The van der Waals surface area contributed by atoms with Crippen molar-refractivity contribution in [1.29, 1.82) is 0 Å². The van der Waals surface area contributed by atoms with E-state index >= 15 is 0 Å². The van der Waals surface area contributed by atoms with E-state index in [1.54, 1.807) is 17.6 Å². The number of aromatic nitrogens is 3. The second-order valence-corrected chi connectivity index (χ2v) is 6.15. The van der Waals surface area contributed by atoms with Crippen molar-refractivity contribution in [3.63, 3.8) is 0 Å². The van der Waals surface area contributed by atoms with E-state index in [1.807, 2.05) is 28.8 Å². The van der Waals surface area contributed by atoms with E-state index in [1.165, 1.54) is 15.9 Å². The molecular formula is C16H11N3O4S. The van der Waals surface area contributed by atoms with Gasteiger partial charge in [0.25, 0.3) is 5.56 Å². The molecule has 2 N–H and O–H groups in total. The Morgan fingerprint density at radius 3 is 2.92 bits per heavy atom. The maximum absolute atomic E-state index is 12.5. The summed E-state index contributed by atoms with van der Waals surface area (Å²) in [6.07, 6.45) is 3.49. The molecule has 4 aromatic rings. The van der Waals surface area contributed by atoms with Crippen molar-refractivity contribution in [2.45, 2.75) is 6.54 Å². The number of carboxylic acid groups (broad SMARTS) is 1. The number of hydrogen-bond donors (Lipinski definition) is 2. The monoisotopic (exact) mass is 341 g/mol. The average Bonchev–Trinajstić information content (AvgIpc) is 3.18. The molecule has 0 aliphatic rings. The molecule has 0 saturated heterocycles. The lowest BCUT2D eigenvalue weighted by atomic mass is 10.2. The normalized spacial score (nSPS) is 11.3. The third-order valence-corrected chi connectivity index (χ3v) is 4.80. The maximum atomic E-state index is 12.5. The van der Waals surface area contributed by atoms with Crippen molar-refractivity contribution >= 4 is 33.2 Å². The summed E-state index contributed by atoms with van der Waals surface area (Å²) < 4.78 is 3.57. The molecule has 0 atom stereocenters. The van der Waals surface area contributed by atoms with Gasteiger partial charge >= 0.3 is 5.97 Å². The van der Waals surface area contributed by atoms with Gasteiger partial charge in [-0.25, -0.2) is 9.78 Å². The highest BCUT2D eigenvalue weighted by molar-refractivity contribution is 7.17. The molecule has 0 fully saturated rings. The number of carboxylic acids is 1. The minimum absolute atomic E-state index is 0.171. The van der Waals surface area contributed by atoms with Crippen LogP contribution in [-0.2, 0) is 6.54 Å². The van der Waals surface area contributed by atoms with Crippen LogP contribution in [0.1, 0.15) is 16.1 Å². The predicted molar refractivity (Wildman–Crippen MR) is 89.0 cm³/mol. The summed E-state index contributed by atoms with van der Waals surface area (Å²) in [5.74, 6) is -2.06. The van der Waals surface area contributed by atoms with Gasteiger partial charge in [-0.05, 0) is 23.6 Å². The Morgan fingerprint density at radius 1 is 1.29 bits per heavy atom. The van der Waals surface area contributed by atoms with Crippen LogP contribution in [0.5, 0.6) is 5.75 Å². The van der Waals surface area contributed by atoms with E-state index in [2.05, 4.69) is 4.98 Å². The van der Waals surface area contributed by atoms with Gasteiger partial charge in [0, 0.05) is 6.20 Å². The van der Waals surface area contributed by atoms with Crippen molar-refractivity contribution in [2.24, 2.45) is 0 Å². The number of aromatic hydroxyl groups is 1. The smallest absolute Gasteiger partial charge is 0.341 e. The Hall–Kier alpha value is -3.13. The third-order valence-electron chi connectivity index (χ3n) is 3.87. The molecule has 120 valence electrons. The second-order valence-electron chi connectivity index (χ2n) is 5.23. The van der Waals surface area contributed by atoms with E-state index in [-0.39, 0.29) is 12.1 Å². The number of nitrogens with zero attached hydrogens (tertiary/aromatic N) is 3. The Bertz CT molecular complexity index is 1160. The Morgan fingerprint density at radius 2 is 2.12 bits per heavy atom. The lowest BCUT2D eigenvalue weighted by Gasteiger charge is -2.10. The molecule has 0 radical (unpaired) electrons. The van der Waals surface area contributed by atoms with Crippen LogP contribution in [-0.4, -0.2) is 30.1 Å². The first-order chi connectivity index (χ1) is 11.6. The summed E-state index contributed by atoms with van der Waals surface area (Å²) >= 11 is 1.17. The second kappa shape index (κ2) is 5.20. The molecule has 0 aliphatic carbocycles. The van der Waals surface area contributed by atoms with Gasteiger partial charge < -0.3 is 14.6 Å². The van der Waals surface area contributed by atoms with Crippen LogP contribution in [0, 0.1) is 0 Å². The van der Waals surface area contributed by atoms with Crippen molar-refractivity contribution in [3.05, 3.63) is 63.7 Å². The molecule has 24 heavy (non-hydrogen) atoms. The molecule has 4 rings (SSSR count). The van der Waals surface area contributed by atoms with E-state index in [0.717, 1.165) is 11.3 Å². The summed E-state index contributed by atoms with van der Waals surface area (Å²) in [6, 6.07) is 7.24. The standard InChI is InChI=1S/C16H11N3O4S/c20-13-12(16(22)23)14-10(4-6-24-14)19(15(13)21)8-9-7-17-11-3-1-2-5-18(9)11/h1-7,20H,8H2,(H,22,23). The lowest BCUT2D eigenvalue weighted by molar-refractivity contribution is 0.0695. The maximum Gasteiger partial charge on any atom is 0.341 e. The van der Waals surface area contributed by atoms with Crippen LogP contribution in [0.2, 0.25) is 0 Å². The van der Waals surface area contributed by atoms with Crippen LogP contribution in [0.15, 0.2) is 46.8 Å². The number of rotatable bonds is 3. The molecule has 0 spiro atoms. The van der Waals surface area contributed by atoms with Crippen LogP contribution in [0.4, 0.5) is 0 Å². The molecule has 7 nitrogen and oxygen atoms in total. The molecule has 0 unspecified atom stereocenters. The van der Waals surface area contributed by atoms with Crippen LogP contribution in [0.25, 0.3) is 15.9 Å². The zero-order chi connectivity index (χ0) is 16.8. The van der Waals surface area contributed by atoms with Crippen LogP contribution >= 0.6 is 11.3 Å². The zero-order valence-corrected chi connectivity index (χ0v) is 13.0. The van der Waals surface area contributed by atoms with Crippen molar-refractivity contribution in [2.75, 3.05) is 0 Å². The number of hydrogen-bond acceptors (Lipinski definition) is 5. The Balaban J connectivity index is 1.96. The largest absolute Gasteiger partial charge is 0.502 e. The SMILES string of the molecule is O=C(O)c1c(O)c(=O)n(Cc2cnc3ccccn23)c2ccsc12. The van der Waals surface area contributed by atoms with E-state index in [4.69, 9.17) is 0 Å². The molecule has 8 heteroatoms. The van der Waals surface area contributed by atoms with Crippen molar-refractivity contribution < 1.29 is 15.0 Å². The van der Waals surface area contributed by atoms with Gasteiger partial charge in [0.2, 0.25) is 0 Å². The molecule has 0 amide bonds. The van der Waals surface area contributed by atoms with Gasteiger partial charge in [-0.15, -0.1) is 11.3 Å². The summed E-state index contributed by atoms with van der Waals surface area (Å²) in [5.41, 5.74) is 0.894. The topological polar surface area (TPSA) is 96.8 Å². The van der Waals surface area contributed by atoms with Gasteiger partial charge in [-0.3, -0.25) is 9.36 Å². The number of thiophene rings is 1. The first kappa shape index (κ1) is 14.5. The Labute approximate surface area is 138 Å². The first-order valence-corrected chi connectivity index (χ1v) is 7.93. The molecule has 0 bridgehead atoms. The summed E-state index contributed by atoms with van der Waals surface area (Å²) in [5, 5.41) is 21.1. The first-order valence-electron chi connectivity index (χ1n) is 7.05. The van der Waals surface area contributed by atoms with Crippen LogP contribution in [0.3, 0.4) is 0 Å². The number of imidazole rings is 1. The molecular weight excluding hydrogens is 330 g/mol. The molecule has 4 aromatic heterocycles. The molecule has 0 aromatic carbocycles. The van der Waals surface area contributed by atoms with E-state index in [9.17, 15) is 19.8 Å². The van der Waals surface area contributed by atoms with Gasteiger partial charge in [-0.2, -0.15) is 0 Å². The highest BCUT2D eigenvalue weighted by atomic mass is 32.1. The highest BCUT2D eigenvalue weighted by Gasteiger charge is 2.22. The number of pyridine rings is 2. The Kier molecular flexibility index (Phi) is 3.14. The fourth-order valence-corrected chi connectivity index (χ4v) is 3.71. The van der Waals surface area contributed by atoms with Crippen molar-refractivity contribution in [1.82, 2.24) is 14.0 Å². The van der Waals surface area contributed by atoms with Crippen LogP contribution < -0.4 is 5.56 Å². The highest BCUT2D eigenvalue weighted by Crippen LogP contribution is 2.29. The quantitative estimate of drug-likeness (QED) is 0.595. The zero-order valence-electron chi connectivity index (χ0n) is 12.2. The summed E-state index contributed by atoms with van der Waals surface area (Å²) in [6.45, 7) is 0.171. The minimum Gasteiger partial charge on any atom is -0.502 e. The van der Waals surface area contributed by atoms with E-state index < -0.39 is 17.3 Å². The van der Waals surface area contributed by atoms with Gasteiger partial charge in [-0.1, -0.05) is 6.07 Å². The van der Waals surface area contributed by atoms with Gasteiger partial charge in [0.05, 0.1) is 28.7 Å². The fraction of sp³-hybridized carbons (Fsp3) is 0.0625. The predicted octanol–water partition coefficient (Wildman–Crippen LogP) is 2.16. The summed E-state index contributed by atoms with van der Waals surface area (Å²) in [4.78, 5) is 28.1. The fourth-order valence-electron chi connectivity index (χ4n) is 2.77. The molecule has 4 heterocycles. The van der Waals surface area contributed by atoms with Crippen molar-refractivity contribution in [3.8, 4) is 5.75 Å². The van der Waals surface area contributed by atoms with Gasteiger partial charge in [0.1, 0.15) is 11.2 Å². The minimum atomic E-state index is -1.32. The summed E-state index contributed by atoms with van der Waals surface area (Å²) in [7, 11) is 0. The lowest BCUT2D eigenvalue weighted by Crippen LogP contribution is -2.23. The number of carbonyl (C=O) groups is 1. The molecule has 0 saturated carbocycles. The molecule has 0 aliphatic heterocycles. The van der Waals surface area contributed by atoms with Gasteiger partial charge in [0.15, 0.2) is 5.75 Å².